The molecule has 0 spiro atoms. The van der Waals surface area contributed by atoms with Crippen LogP contribution in [0, 0.1) is 0 Å². The second kappa shape index (κ2) is 79.3. The van der Waals surface area contributed by atoms with Gasteiger partial charge in [0.05, 0.1) is 26.4 Å². The van der Waals surface area contributed by atoms with Gasteiger partial charge in [-0.3, -0.25) is 37.3 Å². The van der Waals surface area contributed by atoms with Crippen molar-refractivity contribution < 1.29 is 80.2 Å². The molecule has 0 aromatic carbocycles. The molecule has 0 aromatic rings. The summed E-state index contributed by atoms with van der Waals surface area (Å²) in [4.78, 5) is 73.1. The van der Waals surface area contributed by atoms with E-state index in [9.17, 15) is 43.2 Å². The van der Waals surface area contributed by atoms with Crippen LogP contribution < -0.4 is 0 Å². The van der Waals surface area contributed by atoms with E-state index in [0.717, 1.165) is 173 Å². The summed E-state index contributed by atoms with van der Waals surface area (Å²) in [6.07, 6.45) is 95.9. The lowest BCUT2D eigenvalue weighted by Crippen LogP contribution is -2.30. The summed E-state index contributed by atoms with van der Waals surface area (Å²) < 4.78 is 68.6. The van der Waals surface area contributed by atoms with E-state index in [1.165, 1.54) is 38.5 Å². The third kappa shape index (κ3) is 78.3. The van der Waals surface area contributed by atoms with Crippen LogP contribution in [-0.2, 0) is 65.4 Å². The van der Waals surface area contributed by atoms with Crippen LogP contribution in [0.5, 0.6) is 0 Å². The minimum absolute atomic E-state index is 0.0281. The Balaban J connectivity index is 5.51. The molecule has 0 saturated carbocycles. The topological polar surface area (TPSA) is 237 Å². The first-order chi connectivity index (χ1) is 52.7. The van der Waals surface area contributed by atoms with Gasteiger partial charge in [-0.2, -0.15) is 0 Å². The van der Waals surface area contributed by atoms with E-state index in [1.54, 1.807) is 0 Å². The van der Waals surface area contributed by atoms with Crippen molar-refractivity contribution in [3.8, 4) is 0 Å². The van der Waals surface area contributed by atoms with E-state index >= 15 is 0 Å². The largest absolute Gasteiger partial charge is 0.472 e. The summed E-state index contributed by atoms with van der Waals surface area (Å²) in [6, 6.07) is 0. The van der Waals surface area contributed by atoms with E-state index in [2.05, 4.69) is 192 Å². The molecule has 0 radical (unpaired) electrons. The second-order valence-corrected chi connectivity index (χ2v) is 29.5. The number of phosphoric ester groups is 2. The Morgan fingerprint density at radius 1 is 0.269 bits per heavy atom. The maximum atomic E-state index is 13.1. The summed E-state index contributed by atoms with van der Waals surface area (Å²) in [5, 5.41) is 10.7. The number of aliphatic hydroxyl groups excluding tert-OH is 1. The van der Waals surface area contributed by atoms with Gasteiger partial charge < -0.3 is 33.8 Å². The highest BCUT2D eigenvalue weighted by Crippen LogP contribution is 2.45. The van der Waals surface area contributed by atoms with Gasteiger partial charge in [0.25, 0.3) is 0 Å². The Morgan fingerprint density at radius 2 is 0.500 bits per heavy atom. The molecule has 0 aliphatic rings. The van der Waals surface area contributed by atoms with Crippen LogP contribution in [0.1, 0.15) is 297 Å². The van der Waals surface area contributed by atoms with Crippen LogP contribution >= 0.6 is 15.6 Å². The van der Waals surface area contributed by atoms with Crippen molar-refractivity contribution in [3.63, 3.8) is 0 Å². The standard InChI is InChI=1S/C89H144O17P2/c1-5-9-13-17-21-25-29-33-37-40-41-44-47-50-54-58-62-66-70-74-87(92)100-79-84(105-88(93)75-71-67-63-59-55-51-45-36-32-28-24-20-16-12-8-4)81-103-107(95,96)101-77-83(90)78-102-108(97,98)104-82-85(106-89(94)76-72-68-64-60-56-52-48-43-39-35-31-27-23-19-15-11-7-3)80-99-86(91)73-69-65-61-57-53-49-46-42-38-34-30-26-22-18-14-10-6-2/h9-11,13-15,21-23,25-27,33-39,41,44-46,48-50,52,54,62,66,83-85,90H,5-8,12,16-20,24,28-32,40,42-43,47,51,53,55-61,63-65,67-82H2,1-4H3,(H,95,96)(H,97,98)/b13-9-,14-10-,15-11-,25-21-,26-22-,27-23-,37-33-,38-34-,39-35-,44-41-,45-36-,49-46-,52-48-,54-50-,66-62-. The molecule has 0 aliphatic carbocycles. The first-order valence-electron chi connectivity index (χ1n) is 41.0. The third-order valence-corrected chi connectivity index (χ3v) is 18.3. The molecule has 108 heavy (non-hydrogen) atoms. The van der Waals surface area contributed by atoms with Gasteiger partial charge in [0, 0.05) is 25.7 Å². The maximum Gasteiger partial charge on any atom is 0.472 e. The lowest BCUT2D eigenvalue weighted by atomic mass is 10.1. The Morgan fingerprint density at radius 3 is 0.806 bits per heavy atom. The number of carbonyl (C=O) groups excluding carboxylic acids is 4. The fraction of sp³-hybridized carbons (Fsp3) is 0.618. The highest BCUT2D eigenvalue weighted by atomic mass is 31.2. The molecule has 0 bridgehead atoms. The second-order valence-electron chi connectivity index (χ2n) is 26.6. The highest BCUT2D eigenvalue weighted by molar-refractivity contribution is 7.47. The monoisotopic (exact) mass is 1550 g/mol. The molecule has 0 saturated heterocycles. The van der Waals surface area contributed by atoms with Gasteiger partial charge in [-0.15, -0.1) is 0 Å². The van der Waals surface area contributed by atoms with Gasteiger partial charge >= 0.3 is 39.5 Å². The molecule has 0 aromatic heterocycles. The van der Waals surface area contributed by atoms with Crippen LogP contribution in [0.2, 0.25) is 0 Å². The molecule has 5 unspecified atom stereocenters. The summed E-state index contributed by atoms with van der Waals surface area (Å²) in [7, 11) is -10.0. The molecular formula is C89H144O17P2. The minimum Gasteiger partial charge on any atom is -0.462 e. The molecule has 612 valence electrons. The predicted molar refractivity (Wildman–Crippen MR) is 445 cm³/mol. The zero-order valence-electron chi connectivity index (χ0n) is 66.9. The van der Waals surface area contributed by atoms with Crippen molar-refractivity contribution in [1.29, 1.82) is 0 Å². The lowest BCUT2D eigenvalue weighted by Gasteiger charge is -2.21. The zero-order chi connectivity index (χ0) is 78.9. The third-order valence-electron chi connectivity index (χ3n) is 16.4. The van der Waals surface area contributed by atoms with E-state index in [4.69, 9.17) is 37.0 Å². The summed E-state index contributed by atoms with van der Waals surface area (Å²) >= 11 is 0. The number of allylic oxidation sites excluding steroid dienone is 30. The minimum atomic E-state index is -5.01. The molecule has 0 aliphatic heterocycles. The van der Waals surface area contributed by atoms with E-state index in [-0.39, 0.29) is 25.7 Å². The van der Waals surface area contributed by atoms with Gasteiger partial charge in [-0.1, -0.05) is 287 Å². The Bertz CT molecular complexity index is 2760. The highest BCUT2D eigenvalue weighted by Gasteiger charge is 2.30. The molecule has 0 heterocycles. The average Bonchev–Trinajstić information content (AvgIpc) is 0.901. The lowest BCUT2D eigenvalue weighted by molar-refractivity contribution is -0.161. The molecule has 19 heteroatoms. The fourth-order valence-electron chi connectivity index (χ4n) is 10.2. The number of rotatable bonds is 75. The normalized spacial score (nSPS) is 14.8. The van der Waals surface area contributed by atoms with Gasteiger partial charge in [-0.25, -0.2) is 9.13 Å². The summed E-state index contributed by atoms with van der Waals surface area (Å²) in [5.41, 5.74) is 0. The number of esters is 4. The van der Waals surface area contributed by atoms with Gasteiger partial charge in [-0.05, 0) is 167 Å². The van der Waals surface area contributed by atoms with Crippen LogP contribution in [0.3, 0.4) is 0 Å². The van der Waals surface area contributed by atoms with Crippen molar-refractivity contribution in [1.82, 2.24) is 0 Å². The van der Waals surface area contributed by atoms with E-state index < -0.39 is 97.5 Å². The van der Waals surface area contributed by atoms with Gasteiger partial charge in [0.15, 0.2) is 12.2 Å². The molecule has 17 nitrogen and oxygen atoms in total. The predicted octanol–water partition coefficient (Wildman–Crippen LogP) is 24.3. The van der Waals surface area contributed by atoms with Crippen molar-refractivity contribution >= 4 is 39.5 Å². The summed E-state index contributed by atoms with van der Waals surface area (Å²) in [6.45, 7) is 4.37. The quantitative estimate of drug-likeness (QED) is 0.0169. The van der Waals surface area contributed by atoms with E-state index in [0.29, 0.717) is 32.1 Å². The smallest absolute Gasteiger partial charge is 0.462 e. The van der Waals surface area contributed by atoms with Crippen molar-refractivity contribution in [2.45, 2.75) is 316 Å². The number of phosphoric acid groups is 2. The number of unbranched alkanes of at least 4 members (excludes halogenated alkanes) is 19. The molecular weight excluding hydrogens is 1400 g/mol. The van der Waals surface area contributed by atoms with E-state index in [1.807, 2.05) is 18.2 Å². The number of carbonyl (C=O) groups is 4. The fourth-order valence-corrected chi connectivity index (χ4v) is 11.8. The van der Waals surface area contributed by atoms with Crippen molar-refractivity contribution in [3.05, 3.63) is 182 Å². The number of ether oxygens (including phenoxy) is 4. The van der Waals surface area contributed by atoms with Crippen molar-refractivity contribution in [2.75, 3.05) is 39.6 Å². The average molecular weight is 1550 g/mol. The SMILES string of the molecule is CC/C=C\C/C=C\C/C=C\C/C=C\C/C=C\C/C=C\CCC(=O)OCC(COP(=O)(O)OCC(O)COP(=O)(O)OCC(COC(=O)CCCCCC/C=C\C/C=C\C/C=C\C/C=C\CC)OC(=O)CCCCCC/C=C\C/C=C\C/C=C\C/C=C\CC)OC(=O)CCCCCCC/C=C\CCCCCCCC. The maximum absolute atomic E-state index is 13.1. The van der Waals surface area contributed by atoms with Gasteiger partial charge in [0.2, 0.25) is 0 Å². The summed E-state index contributed by atoms with van der Waals surface area (Å²) in [5.74, 6) is -2.35. The first-order valence-corrected chi connectivity index (χ1v) is 44.0. The Kier molecular flexibility index (Phi) is 75.0. The Labute approximate surface area is 654 Å². The van der Waals surface area contributed by atoms with Crippen molar-refractivity contribution in [2.24, 2.45) is 0 Å². The van der Waals surface area contributed by atoms with Crippen LogP contribution in [-0.4, -0.2) is 96.7 Å². The van der Waals surface area contributed by atoms with Crippen LogP contribution in [0.4, 0.5) is 0 Å². The molecule has 0 rings (SSSR count). The van der Waals surface area contributed by atoms with Crippen LogP contribution in [0.15, 0.2) is 182 Å². The van der Waals surface area contributed by atoms with Crippen LogP contribution in [0.25, 0.3) is 0 Å². The molecule has 5 atom stereocenters. The zero-order valence-corrected chi connectivity index (χ0v) is 68.7. The Hall–Kier alpha value is -5.84. The number of hydrogen-bond donors (Lipinski definition) is 3. The molecule has 0 fully saturated rings. The number of aliphatic hydroxyl groups is 1. The first kappa shape index (κ1) is 102. The number of hydrogen-bond acceptors (Lipinski definition) is 15. The van der Waals surface area contributed by atoms with Gasteiger partial charge in [0.1, 0.15) is 19.3 Å². The molecule has 0 amide bonds. The molecule has 3 N–H and O–H groups in total.